The minimum atomic E-state index is 0.0413. The molecule has 2 nitrogen and oxygen atoms in total. The van der Waals surface area contributed by atoms with Crippen LogP contribution in [0.2, 0.25) is 0 Å². The Bertz CT molecular complexity index is 524. The van der Waals surface area contributed by atoms with Crippen molar-refractivity contribution in [2.45, 2.75) is 12.5 Å². The molecule has 2 aromatic carbocycles. The first-order valence-corrected chi connectivity index (χ1v) is 6.36. The van der Waals surface area contributed by atoms with Crippen molar-refractivity contribution in [3.8, 4) is 5.75 Å². The standard InChI is InChI=1S/C16H17NO/c17-16(12-6-2-1-3-7-12)14-10-13-8-4-5-9-15(13)18-11-14/h1-9,14,16H,10-11,17H2. The molecule has 0 spiro atoms. The number of hydrogen-bond donors (Lipinski definition) is 1. The quantitative estimate of drug-likeness (QED) is 0.874. The summed E-state index contributed by atoms with van der Waals surface area (Å²) < 4.78 is 5.80. The third kappa shape index (κ3) is 2.12. The van der Waals surface area contributed by atoms with Crippen molar-refractivity contribution in [3.05, 3.63) is 65.7 Å². The Hall–Kier alpha value is -1.80. The summed E-state index contributed by atoms with van der Waals surface area (Å²) in [5.41, 5.74) is 8.80. The zero-order valence-electron chi connectivity index (χ0n) is 10.3. The van der Waals surface area contributed by atoms with Gasteiger partial charge in [-0.1, -0.05) is 48.5 Å². The first kappa shape index (κ1) is 11.3. The highest BCUT2D eigenvalue weighted by atomic mass is 16.5. The highest BCUT2D eigenvalue weighted by Gasteiger charge is 2.25. The molecule has 2 aromatic rings. The van der Waals surface area contributed by atoms with Crippen LogP contribution in [0.25, 0.3) is 0 Å². The van der Waals surface area contributed by atoms with Gasteiger partial charge in [0, 0.05) is 12.0 Å². The van der Waals surface area contributed by atoms with Crippen LogP contribution in [0.5, 0.6) is 5.75 Å². The molecule has 18 heavy (non-hydrogen) atoms. The second-order valence-electron chi connectivity index (χ2n) is 4.82. The maximum atomic E-state index is 6.35. The Morgan fingerprint density at radius 3 is 2.56 bits per heavy atom. The van der Waals surface area contributed by atoms with E-state index in [1.54, 1.807) is 0 Å². The summed E-state index contributed by atoms with van der Waals surface area (Å²) in [6.07, 6.45) is 0.992. The summed E-state index contributed by atoms with van der Waals surface area (Å²) in [5.74, 6) is 1.36. The molecule has 1 aliphatic rings. The minimum absolute atomic E-state index is 0.0413. The number of para-hydroxylation sites is 1. The number of nitrogens with two attached hydrogens (primary N) is 1. The molecule has 0 saturated carbocycles. The molecule has 0 aromatic heterocycles. The van der Waals surface area contributed by atoms with E-state index >= 15 is 0 Å². The molecule has 92 valence electrons. The van der Waals surface area contributed by atoms with Crippen molar-refractivity contribution in [2.75, 3.05) is 6.61 Å². The molecule has 2 heteroatoms. The van der Waals surface area contributed by atoms with Gasteiger partial charge in [-0.15, -0.1) is 0 Å². The van der Waals surface area contributed by atoms with Gasteiger partial charge in [0.15, 0.2) is 0 Å². The largest absolute Gasteiger partial charge is 0.493 e. The number of hydrogen-bond acceptors (Lipinski definition) is 2. The van der Waals surface area contributed by atoms with Crippen molar-refractivity contribution in [3.63, 3.8) is 0 Å². The maximum Gasteiger partial charge on any atom is 0.122 e. The van der Waals surface area contributed by atoms with Gasteiger partial charge in [-0.05, 0) is 23.6 Å². The Balaban J connectivity index is 1.80. The van der Waals surface area contributed by atoms with E-state index in [1.807, 2.05) is 30.3 Å². The number of fused-ring (bicyclic) bond motifs is 1. The number of ether oxygens (including phenoxy) is 1. The van der Waals surface area contributed by atoms with Crippen molar-refractivity contribution < 1.29 is 4.74 Å². The SMILES string of the molecule is NC(c1ccccc1)C1COc2ccccc2C1. The number of benzene rings is 2. The summed E-state index contributed by atoms with van der Waals surface area (Å²) in [7, 11) is 0. The summed E-state index contributed by atoms with van der Waals surface area (Å²) >= 11 is 0. The lowest BCUT2D eigenvalue weighted by Crippen LogP contribution is -2.31. The van der Waals surface area contributed by atoms with Crippen LogP contribution >= 0.6 is 0 Å². The van der Waals surface area contributed by atoms with Crippen LogP contribution in [-0.4, -0.2) is 6.61 Å². The lowest BCUT2D eigenvalue weighted by atomic mass is 9.87. The highest BCUT2D eigenvalue weighted by Crippen LogP contribution is 2.32. The van der Waals surface area contributed by atoms with Crippen LogP contribution < -0.4 is 10.5 Å². The molecule has 0 bridgehead atoms. The zero-order chi connectivity index (χ0) is 12.4. The van der Waals surface area contributed by atoms with E-state index in [0.717, 1.165) is 12.2 Å². The topological polar surface area (TPSA) is 35.2 Å². The smallest absolute Gasteiger partial charge is 0.122 e. The van der Waals surface area contributed by atoms with Crippen LogP contribution in [0.4, 0.5) is 0 Å². The normalized spacial score (nSPS) is 19.7. The van der Waals surface area contributed by atoms with E-state index in [2.05, 4.69) is 24.3 Å². The summed E-state index contributed by atoms with van der Waals surface area (Å²) in [5, 5.41) is 0. The molecule has 2 atom stereocenters. The number of rotatable bonds is 2. The molecule has 3 rings (SSSR count). The van der Waals surface area contributed by atoms with Crippen LogP contribution in [-0.2, 0) is 6.42 Å². The average molecular weight is 239 g/mol. The van der Waals surface area contributed by atoms with Gasteiger partial charge in [-0.3, -0.25) is 0 Å². The minimum Gasteiger partial charge on any atom is -0.493 e. The molecular formula is C16H17NO. The lowest BCUT2D eigenvalue weighted by Gasteiger charge is -2.29. The third-order valence-electron chi connectivity index (χ3n) is 3.60. The van der Waals surface area contributed by atoms with Gasteiger partial charge in [0.25, 0.3) is 0 Å². The van der Waals surface area contributed by atoms with Crippen molar-refractivity contribution >= 4 is 0 Å². The Morgan fingerprint density at radius 1 is 1.00 bits per heavy atom. The van der Waals surface area contributed by atoms with E-state index in [4.69, 9.17) is 10.5 Å². The highest BCUT2D eigenvalue weighted by molar-refractivity contribution is 5.35. The summed E-state index contributed by atoms with van der Waals surface area (Å²) in [6, 6.07) is 18.5. The second-order valence-corrected chi connectivity index (χ2v) is 4.82. The first-order chi connectivity index (χ1) is 8.84. The zero-order valence-corrected chi connectivity index (χ0v) is 10.3. The molecule has 0 fully saturated rings. The predicted octanol–water partition coefficient (Wildman–Crippen LogP) is 2.94. The summed E-state index contributed by atoms with van der Waals surface area (Å²) in [6.45, 7) is 0.701. The van der Waals surface area contributed by atoms with Gasteiger partial charge in [0.2, 0.25) is 0 Å². The van der Waals surface area contributed by atoms with Gasteiger partial charge in [0.05, 0.1) is 6.61 Å². The van der Waals surface area contributed by atoms with Gasteiger partial charge in [-0.2, -0.15) is 0 Å². The molecule has 1 heterocycles. The molecule has 0 amide bonds. The van der Waals surface area contributed by atoms with Gasteiger partial charge < -0.3 is 10.5 Å². The molecule has 0 aliphatic carbocycles. The van der Waals surface area contributed by atoms with E-state index in [9.17, 15) is 0 Å². The Morgan fingerprint density at radius 2 is 1.72 bits per heavy atom. The van der Waals surface area contributed by atoms with Crippen LogP contribution in [0.3, 0.4) is 0 Å². The monoisotopic (exact) mass is 239 g/mol. The third-order valence-corrected chi connectivity index (χ3v) is 3.60. The fourth-order valence-electron chi connectivity index (χ4n) is 2.53. The van der Waals surface area contributed by atoms with E-state index in [1.165, 1.54) is 11.1 Å². The molecule has 0 saturated heterocycles. The van der Waals surface area contributed by atoms with Gasteiger partial charge >= 0.3 is 0 Å². The van der Waals surface area contributed by atoms with E-state index in [0.29, 0.717) is 12.5 Å². The van der Waals surface area contributed by atoms with Crippen molar-refractivity contribution in [1.82, 2.24) is 0 Å². The molecule has 2 unspecified atom stereocenters. The van der Waals surface area contributed by atoms with Gasteiger partial charge in [-0.25, -0.2) is 0 Å². The van der Waals surface area contributed by atoms with Crippen molar-refractivity contribution in [2.24, 2.45) is 11.7 Å². The molecule has 0 radical (unpaired) electrons. The maximum absolute atomic E-state index is 6.35. The molecular weight excluding hydrogens is 222 g/mol. The van der Waals surface area contributed by atoms with Crippen LogP contribution in [0.15, 0.2) is 54.6 Å². The van der Waals surface area contributed by atoms with Crippen LogP contribution in [0, 0.1) is 5.92 Å². The fraction of sp³-hybridized carbons (Fsp3) is 0.250. The lowest BCUT2D eigenvalue weighted by molar-refractivity contribution is 0.200. The Kier molecular flexibility index (Phi) is 3.03. The fourth-order valence-corrected chi connectivity index (χ4v) is 2.53. The molecule has 1 aliphatic heterocycles. The Labute approximate surface area is 107 Å². The van der Waals surface area contributed by atoms with E-state index < -0.39 is 0 Å². The van der Waals surface area contributed by atoms with Gasteiger partial charge in [0.1, 0.15) is 5.75 Å². The summed E-state index contributed by atoms with van der Waals surface area (Å²) in [4.78, 5) is 0. The van der Waals surface area contributed by atoms with Crippen molar-refractivity contribution in [1.29, 1.82) is 0 Å². The second kappa shape index (κ2) is 4.83. The van der Waals surface area contributed by atoms with E-state index in [-0.39, 0.29) is 6.04 Å². The average Bonchev–Trinajstić information content (AvgIpc) is 2.47. The van der Waals surface area contributed by atoms with Crippen LogP contribution in [0.1, 0.15) is 17.2 Å². The first-order valence-electron chi connectivity index (χ1n) is 6.36. The predicted molar refractivity (Wildman–Crippen MR) is 72.5 cm³/mol. The molecule has 2 N–H and O–H groups in total.